The van der Waals surface area contributed by atoms with Crippen LogP contribution in [0.15, 0.2) is 57.6 Å². The molecule has 4 aromatic rings. The van der Waals surface area contributed by atoms with Gasteiger partial charge in [-0.1, -0.05) is 32.0 Å². The van der Waals surface area contributed by atoms with Crippen LogP contribution in [0.5, 0.6) is 5.75 Å². The fourth-order valence-electron chi connectivity index (χ4n) is 9.33. The average molecular weight is 607 g/mol. The first-order valence-electron chi connectivity index (χ1n) is 16.7. The van der Waals surface area contributed by atoms with Crippen LogP contribution < -0.4 is 21.6 Å². The Hall–Kier alpha value is -4.00. The number of methoxy groups -OCH3 is 1. The molecule has 0 amide bonds. The van der Waals surface area contributed by atoms with Gasteiger partial charge in [-0.2, -0.15) is 0 Å². The first-order valence-corrected chi connectivity index (χ1v) is 16.7. The Morgan fingerprint density at radius 1 is 0.889 bits per heavy atom. The van der Waals surface area contributed by atoms with Crippen LogP contribution in [0.2, 0.25) is 0 Å². The summed E-state index contributed by atoms with van der Waals surface area (Å²) in [6, 6.07) is 15.0. The zero-order valence-corrected chi connectivity index (χ0v) is 27.3. The van der Waals surface area contributed by atoms with Crippen molar-refractivity contribution in [2.45, 2.75) is 71.6 Å². The lowest BCUT2D eigenvalue weighted by molar-refractivity contribution is 0.0689. The van der Waals surface area contributed by atoms with Gasteiger partial charge in [0.25, 0.3) is 11.1 Å². The van der Waals surface area contributed by atoms with Gasteiger partial charge in [-0.15, -0.1) is 0 Å². The lowest BCUT2D eigenvalue weighted by atomic mass is 9.53. The summed E-state index contributed by atoms with van der Waals surface area (Å²) in [6.07, 6.45) is 7.63. The van der Waals surface area contributed by atoms with Gasteiger partial charge in [0, 0.05) is 29.9 Å². The molecule has 7 nitrogen and oxygen atoms in total. The lowest BCUT2D eigenvalue weighted by Gasteiger charge is -2.53. The zero-order valence-electron chi connectivity index (χ0n) is 27.3. The third kappa shape index (κ3) is 4.95. The summed E-state index contributed by atoms with van der Waals surface area (Å²) in [5.41, 5.74) is 12.0. The second-order valence-electron chi connectivity index (χ2n) is 14.4. The lowest BCUT2D eigenvalue weighted by Crippen LogP contribution is -2.42. The quantitative estimate of drug-likeness (QED) is 0.188. The van der Waals surface area contributed by atoms with E-state index in [-0.39, 0.29) is 10.9 Å². The summed E-state index contributed by atoms with van der Waals surface area (Å²) < 4.78 is 6.11. The number of nitrogens with two attached hydrogens (primary N) is 1. The van der Waals surface area contributed by atoms with E-state index in [1.54, 1.807) is 18.7 Å². The summed E-state index contributed by atoms with van der Waals surface area (Å²) >= 11 is 0. The largest absolute Gasteiger partial charge is 0.496 e. The van der Waals surface area contributed by atoms with Crippen molar-refractivity contribution in [2.24, 2.45) is 23.7 Å². The highest BCUT2D eigenvalue weighted by molar-refractivity contribution is 5.93. The number of nitrogens with zero attached hydrogens (tertiary/aromatic N) is 1. The van der Waals surface area contributed by atoms with Crippen LogP contribution in [-0.2, 0) is 11.8 Å². The van der Waals surface area contributed by atoms with Gasteiger partial charge in [0.05, 0.1) is 17.9 Å². The number of fused-ring (bicyclic) bond motifs is 2. The molecule has 0 spiro atoms. The molecule has 8 rings (SSSR count). The maximum atomic E-state index is 12.6. The van der Waals surface area contributed by atoms with E-state index in [9.17, 15) is 9.59 Å². The van der Waals surface area contributed by atoms with E-state index in [1.807, 2.05) is 6.07 Å². The Labute approximate surface area is 264 Å². The van der Waals surface area contributed by atoms with Crippen molar-refractivity contribution in [3.63, 3.8) is 0 Å². The number of hydrogen-bond acceptors (Lipinski definition) is 5. The van der Waals surface area contributed by atoms with E-state index in [2.05, 4.69) is 73.1 Å². The molecule has 4 bridgehead atoms. The summed E-state index contributed by atoms with van der Waals surface area (Å²) in [4.78, 5) is 27.6. The number of aromatic nitrogens is 2. The third-order valence-corrected chi connectivity index (χ3v) is 11.2. The van der Waals surface area contributed by atoms with Crippen LogP contribution in [-0.4, -0.2) is 35.3 Å². The van der Waals surface area contributed by atoms with Gasteiger partial charge in [-0.3, -0.25) is 19.8 Å². The maximum absolute atomic E-state index is 12.6. The molecule has 3 aromatic carbocycles. The number of benzene rings is 3. The third-order valence-electron chi connectivity index (χ3n) is 11.2. The predicted octanol–water partition coefficient (Wildman–Crippen LogP) is 6.99. The number of aromatic amines is 2. The van der Waals surface area contributed by atoms with E-state index in [4.69, 9.17) is 10.5 Å². The summed E-state index contributed by atoms with van der Waals surface area (Å²) in [5.74, 6) is 4.23. The van der Waals surface area contributed by atoms with Crippen LogP contribution in [0.1, 0.15) is 76.5 Å². The first kappa shape index (κ1) is 29.7. The van der Waals surface area contributed by atoms with Crippen molar-refractivity contribution >= 4 is 32.9 Å². The summed E-state index contributed by atoms with van der Waals surface area (Å²) in [6.45, 7) is 10.9. The molecule has 0 saturated heterocycles. The second kappa shape index (κ2) is 11.1. The van der Waals surface area contributed by atoms with E-state index >= 15 is 0 Å². The predicted molar refractivity (Wildman–Crippen MR) is 184 cm³/mol. The molecular weight excluding hydrogens is 560 g/mol. The molecule has 4 N–H and O–H groups in total. The number of ether oxygens (including phenoxy) is 1. The monoisotopic (exact) mass is 606 g/mol. The summed E-state index contributed by atoms with van der Waals surface area (Å²) in [7, 11) is 1.75. The van der Waals surface area contributed by atoms with E-state index < -0.39 is 11.0 Å². The Balaban J connectivity index is 1.28. The topological polar surface area (TPSA) is 104 Å². The number of nitrogens with one attached hydrogen (secondary N) is 2. The van der Waals surface area contributed by atoms with Gasteiger partial charge in [0.2, 0.25) is 0 Å². The van der Waals surface area contributed by atoms with Gasteiger partial charge >= 0.3 is 0 Å². The molecule has 0 atom stereocenters. The molecule has 7 heteroatoms. The molecule has 4 aliphatic carbocycles. The highest BCUT2D eigenvalue weighted by atomic mass is 16.5. The second-order valence-corrected chi connectivity index (χ2v) is 14.4. The normalized spacial score (nSPS) is 22.4. The standard InChI is InChI=1S/C38H46N4O3/c1-6-42(7-2)34(32-26-13-21-12-22(15-26)16-27(32)14-21)24-10-11-29-23(17-24)8-9-25(35(29)45-5)20-38(3,4)28-18-30-33(31(39)19-28)37(44)41-40-36(30)43/h8-11,17-19,21-22,26-27H,6-7,12-16,20,39H2,1-5H3,(H,40,43)(H,41,44). The molecule has 45 heavy (non-hydrogen) atoms. The number of hydrogen-bond donors (Lipinski definition) is 3. The van der Waals surface area contributed by atoms with E-state index in [1.165, 1.54) is 48.8 Å². The van der Waals surface area contributed by atoms with Crippen LogP contribution in [0.3, 0.4) is 0 Å². The van der Waals surface area contributed by atoms with Gasteiger partial charge in [0.15, 0.2) is 0 Å². The SMILES string of the molecule is CCN(CC)C(=C1C2CC3CC(C2)CC1C3)c1ccc2c(OC)c(CC(C)(C)c3cc(N)c4c(=O)[nH][nH]c(=O)c4c3)ccc2c1. The Morgan fingerprint density at radius 3 is 2.20 bits per heavy atom. The van der Waals surface area contributed by atoms with Crippen molar-refractivity contribution in [3.8, 4) is 5.75 Å². The molecule has 0 radical (unpaired) electrons. The molecule has 236 valence electrons. The first-order chi connectivity index (χ1) is 21.6. The van der Waals surface area contributed by atoms with Gasteiger partial charge in [-0.25, -0.2) is 0 Å². The molecular formula is C38H46N4O3. The van der Waals surface area contributed by atoms with Crippen molar-refractivity contribution in [2.75, 3.05) is 25.9 Å². The highest BCUT2D eigenvalue weighted by Crippen LogP contribution is 2.58. The fourth-order valence-corrected chi connectivity index (χ4v) is 9.33. The fraction of sp³-hybridized carbons (Fsp3) is 0.474. The molecule has 0 unspecified atom stereocenters. The maximum Gasteiger partial charge on any atom is 0.272 e. The van der Waals surface area contributed by atoms with Crippen LogP contribution in [0.25, 0.3) is 27.2 Å². The number of allylic oxidation sites excluding steroid dienone is 1. The van der Waals surface area contributed by atoms with Crippen molar-refractivity contribution in [1.82, 2.24) is 15.1 Å². The van der Waals surface area contributed by atoms with Gasteiger partial charge in [0.1, 0.15) is 5.75 Å². The minimum atomic E-state index is -0.398. The van der Waals surface area contributed by atoms with Gasteiger partial charge in [-0.05, 0) is 133 Å². The van der Waals surface area contributed by atoms with E-state index in [0.29, 0.717) is 17.5 Å². The van der Waals surface area contributed by atoms with Gasteiger partial charge < -0.3 is 15.4 Å². The van der Waals surface area contributed by atoms with Crippen LogP contribution in [0.4, 0.5) is 5.69 Å². The van der Waals surface area contributed by atoms with Crippen LogP contribution in [0, 0.1) is 23.7 Å². The number of H-pyrrole nitrogens is 2. The molecule has 4 saturated carbocycles. The van der Waals surface area contributed by atoms with Crippen molar-refractivity contribution in [3.05, 3.63) is 85.4 Å². The minimum Gasteiger partial charge on any atom is -0.496 e. The van der Waals surface area contributed by atoms with Crippen molar-refractivity contribution in [1.29, 1.82) is 0 Å². The number of anilines is 1. The average Bonchev–Trinajstić information content (AvgIpc) is 3.01. The number of nitrogen functional groups attached to an aromatic ring is 1. The smallest absolute Gasteiger partial charge is 0.272 e. The zero-order chi connectivity index (χ0) is 31.6. The highest BCUT2D eigenvalue weighted by Gasteiger charge is 2.46. The Bertz CT molecular complexity index is 1910. The number of rotatable bonds is 8. The molecule has 1 heterocycles. The summed E-state index contributed by atoms with van der Waals surface area (Å²) in [5, 5.41) is 7.61. The molecule has 1 aromatic heterocycles. The molecule has 4 aliphatic rings. The molecule has 4 fully saturated rings. The minimum absolute atomic E-state index is 0.227. The Kier molecular flexibility index (Phi) is 7.33. The van der Waals surface area contributed by atoms with E-state index in [0.717, 1.165) is 59.0 Å². The van der Waals surface area contributed by atoms with Crippen LogP contribution >= 0.6 is 0 Å². The van der Waals surface area contributed by atoms with Crippen molar-refractivity contribution < 1.29 is 4.74 Å². The molecule has 0 aliphatic heterocycles. The Morgan fingerprint density at radius 2 is 1.56 bits per heavy atom.